The molecule has 1 saturated heterocycles. The molecule has 0 aromatic heterocycles. The zero-order chi connectivity index (χ0) is 12.6. The molecule has 5 heteroatoms. The van der Waals surface area contributed by atoms with Crippen molar-refractivity contribution in [2.45, 2.75) is 17.3 Å². The number of benzene rings is 1. The van der Waals surface area contributed by atoms with E-state index >= 15 is 0 Å². The molecule has 0 bridgehead atoms. The number of likely N-dealkylation sites (tertiary alicyclic amines) is 1. The molecule has 1 amide bonds. The SMILES string of the molecule is CC1(Br)CN([C@@H](C(=O)O)c2ccccc2)C1=O. The van der Waals surface area contributed by atoms with Crippen LogP contribution in [-0.4, -0.2) is 32.8 Å². The van der Waals surface area contributed by atoms with Crippen LogP contribution < -0.4 is 0 Å². The number of hydrogen-bond acceptors (Lipinski definition) is 2. The van der Waals surface area contributed by atoms with Gasteiger partial charge >= 0.3 is 5.97 Å². The molecule has 2 atom stereocenters. The molecule has 1 N–H and O–H groups in total. The molecule has 1 aromatic rings. The Morgan fingerprint density at radius 3 is 2.47 bits per heavy atom. The standard InChI is InChI=1S/C12H12BrNO3/c1-12(13)7-14(11(12)17)9(10(15)16)8-5-3-2-4-6-8/h2-6,9H,7H2,1H3,(H,15,16)/t9-,12?/m1/s1. The quantitative estimate of drug-likeness (QED) is 0.684. The van der Waals surface area contributed by atoms with E-state index in [9.17, 15) is 14.7 Å². The van der Waals surface area contributed by atoms with Crippen LogP contribution in [0, 0.1) is 0 Å². The first kappa shape index (κ1) is 12.1. The molecule has 17 heavy (non-hydrogen) atoms. The van der Waals surface area contributed by atoms with Crippen LogP contribution in [0.1, 0.15) is 18.5 Å². The van der Waals surface area contributed by atoms with Crippen molar-refractivity contribution in [3.8, 4) is 0 Å². The number of halogens is 1. The van der Waals surface area contributed by atoms with Gasteiger partial charge in [0.25, 0.3) is 0 Å². The Kier molecular flexibility index (Phi) is 2.95. The summed E-state index contributed by atoms with van der Waals surface area (Å²) in [5, 5.41) is 9.24. The third-order valence-electron chi connectivity index (χ3n) is 2.83. The number of aliphatic carboxylic acids is 1. The first-order chi connectivity index (χ1) is 7.93. The number of alkyl halides is 1. The van der Waals surface area contributed by atoms with Gasteiger partial charge in [0.2, 0.25) is 5.91 Å². The third kappa shape index (κ3) is 2.07. The summed E-state index contributed by atoms with van der Waals surface area (Å²) in [6.07, 6.45) is 0. The minimum absolute atomic E-state index is 0.186. The fourth-order valence-electron chi connectivity index (χ4n) is 1.97. The van der Waals surface area contributed by atoms with E-state index in [4.69, 9.17) is 0 Å². The molecule has 1 aromatic carbocycles. The second-order valence-electron chi connectivity index (χ2n) is 4.28. The maximum atomic E-state index is 11.8. The summed E-state index contributed by atoms with van der Waals surface area (Å²) < 4.78 is -0.616. The molecule has 2 rings (SSSR count). The van der Waals surface area contributed by atoms with Crippen molar-refractivity contribution < 1.29 is 14.7 Å². The number of hydrogen-bond donors (Lipinski definition) is 1. The van der Waals surface area contributed by atoms with Crippen LogP contribution in [-0.2, 0) is 9.59 Å². The van der Waals surface area contributed by atoms with Crippen molar-refractivity contribution in [1.82, 2.24) is 4.90 Å². The van der Waals surface area contributed by atoms with E-state index in [2.05, 4.69) is 15.9 Å². The highest BCUT2D eigenvalue weighted by molar-refractivity contribution is 9.10. The minimum atomic E-state index is -1.01. The van der Waals surface area contributed by atoms with Crippen LogP contribution in [0.2, 0.25) is 0 Å². The number of carboxylic acids is 1. The zero-order valence-electron chi connectivity index (χ0n) is 9.26. The Morgan fingerprint density at radius 2 is 2.06 bits per heavy atom. The molecule has 1 heterocycles. The molecular formula is C12H12BrNO3. The Balaban J connectivity index is 2.27. The van der Waals surface area contributed by atoms with E-state index in [-0.39, 0.29) is 5.91 Å². The van der Waals surface area contributed by atoms with Gasteiger partial charge in [0.1, 0.15) is 4.32 Å². The van der Waals surface area contributed by atoms with Gasteiger partial charge in [-0.3, -0.25) is 4.79 Å². The van der Waals surface area contributed by atoms with Crippen molar-refractivity contribution in [3.63, 3.8) is 0 Å². The normalized spacial score (nSPS) is 25.3. The number of carbonyl (C=O) groups excluding carboxylic acids is 1. The Morgan fingerprint density at radius 1 is 1.47 bits per heavy atom. The second kappa shape index (κ2) is 4.14. The highest BCUT2D eigenvalue weighted by Crippen LogP contribution is 2.37. The van der Waals surface area contributed by atoms with Gasteiger partial charge in [-0.25, -0.2) is 4.79 Å². The average molecular weight is 298 g/mol. The van der Waals surface area contributed by atoms with Crippen LogP contribution in [0.3, 0.4) is 0 Å². The summed E-state index contributed by atoms with van der Waals surface area (Å²) in [6, 6.07) is 7.89. The molecule has 1 fully saturated rings. The van der Waals surface area contributed by atoms with Gasteiger partial charge in [-0.15, -0.1) is 0 Å². The number of amides is 1. The average Bonchev–Trinajstić information content (AvgIpc) is 2.29. The van der Waals surface area contributed by atoms with E-state index in [0.29, 0.717) is 12.1 Å². The maximum Gasteiger partial charge on any atom is 0.331 e. The lowest BCUT2D eigenvalue weighted by atomic mass is 9.94. The molecule has 1 unspecified atom stereocenters. The fraction of sp³-hybridized carbons (Fsp3) is 0.333. The van der Waals surface area contributed by atoms with Crippen molar-refractivity contribution in [3.05, 3.63) is 35.9 Å². The largest absolute Gasteiger partial charge is 0.479 e. The Hall–Kier alpha value is -1.36. The van der Waals surface area contributed by atoms with Gasteiger partial charge in [0.15, 0.2) is 6.04 Å². The highest BCUT2D eigenvalue weighted by Gasteiger charge is 2.51. The molecular weight excluding hydrogens is 286 g/mol. The van der Waals surface area contributed by atoms with Crippen LogP contribution >= 0.6 is 15.9 Å². The number of nitrogens with zero attached hydrogens (tertiary/aromatic N) is 1. The van der Waals surface area contributed by atoms with Crippen LogP contribution in [0.5, 0.6) is 0 Å². The summed E-state index contributed by atoms with van der Waals surface area (Å²) in [4.78, 5) is 24.5. The van der Waals surface area contributed by atoms with Gasteiger partial charge in [-0.2, -0.15) is 0 Å². The van der Waals surface area contributed by atoms with E-state index in [1.165, 1.54) is 4.90 Å². The number of carbonyl (C=O) groups is 2. The maximum absolute atomic E-state index is 11.8. The van der Waals surface area contributed by atoms with Crippen molar-refractivity contribution >= 4 is 27.8 Å². The molecule has 0 aliphatic carbocycles. The van der Waals surface area contributed by atoms with E-state index in [1.54, 1.807) is 31.2 Å². The van der Waals surface area contributed by atoms with E-state index in [1.807, 2.05) is 6.07 Å². The molecule has 0 radical (unpaired) electrons. The summed E-state index contributed by atoms with van der Waals surface area (Å²) >= 11 is 3.28. The lowest BCUT2D eigenvalue weighted by molar-refractivity contribution is -0.159. The number of carboxylic acid groups (broad SMARTS) is 1. The first-order valence-corrected chi connectivity index (χ1v) is 6.00. The Labute approximate surface area is 107 Å². The predicted octanol–water partition coefficient (Wildman–Crippen LogP) is 1.81. The van der Waals surface area contributed by atoms with Gasteiger partial charge in [0, 0.05) is 6.54 Å². The van der Waals surface area contributed by atoms with Crippen molar-refractivity contribution in [2.24, 2.45) is 0 Å². The van der Waals surface area contributed by atoms with Gasteiger partial charge < -0.3 is 10.0 Å². The Bertz CT molecular complexity index is 458. The molecule has 1 aliphatic heterocycles. The molecule has 4 nitrogen and oxygen atoms in total. The lowest BCUT2D eigenvalue weighted by Crippen LogP contribution is -2.63. The molecule has 0 saturated carbocycles. The number of β-lactam (4-membered cyclic amide) rings is 1. The minimum Gasteiger partial charge on any atom is -0.479 e. The lowest BCUT2D eigenvalue weighted by Gasteiger charge is -2.45. The van der Waals surface area contributed by atoms with Crippen LogP contribution in [0.25, 0.3) is 0 Å². The molecule has 90 valence electrons. The van der Waals surface area contributed by atoms with E-state index < -0.39 is 16.3 Å². The molecule has 0 spiro atoms. The molecule has 1 aliphatic rings. The highest BCUT2D eigenvalue weighted by atomic mass is 79.9. The van der Waals surface area contributed by atoms with Crippen molar-refractivity contribution in [1.29, 1.82) is 0 Å². The third-order valence-corrected chi connectivity index (χ3v) is 3.42. The summed E-state index contributed by atoms with van der Waals surface area (Å²) in [6.45, 7) is 2.15. The predicted molar refractivity (Wildman–Crippen MR) is 65.9 cm³/mol. The number of rotatable bonds is 3. The summed E-state index contributed by atoms with van der Waals surface area (Å²) in [5.74, 6) is -1.19. The fourth-order valence-corrected chi connectivity index (χ4v) is 2.47. The van der Waals surface area contributed by atoms with Crippen LogP contribution in [0.4, 0.5) is 0 Å². The topological polar surface area (TPSA) is 57.6 Å². The summed E-state index contributed by atoms with van der Waals surface area (Å²) in [5.41, 5.74) is 0.622. The van der Waals surface area contributed by atoms with Crippen LogP contribution in [0.15, 0.2) is 30.3 Å². The first-order valence-electron chi connectivity index (χ1n) is 5.21. The second-order valence-corrected chi connectivity index (χ2v) is 6.03. The smallest absolute Gasteiger partial charge is 0.331 e. The zero-order valence-corrected chi connectivity index (χ0v) is 10.8. The summed E-state index contributed by atoms with van der Waals surface area (Å²) in [7, 11) is 0. The van der Waals surface area contributed by atoms with Crippen molar-refractivity contribution in [2.75, 3.05) is 6.54 Å². The monoisotopic (exact) mass is 297 g/mol. The van der Waals surface area contributed by atoms with E-state index in [0.717, 1.165) is 0 Å². The van der Waals surface area contributed by atoms with Gasteiger partial charge in [-0.1, -0.05) is 46.3 Å². The van der Waals surface area contributed by atoms with Gasteiger partial charge in [0.05, 0.1) is 0 Å². The van der Waals surface area contributed by atoms with Gasteiger partial charge in [-0.05, 0) is 12.5 Å².